The molecule has 1 atom stereocenters. The first-order valence-corrected chi connectivity index (χ1v) is 8.88. The fraction of sp³-hybridized carbons (Fsp3) is 0.350. The van der Waals surface area contributed by atoms with E-state index in [0.717, 1.165) is 30.2 Å². The summed E-state index contributed by atoms with van der Waals surface area (Å²) in [7, 11) is 0. The summed E-state index contributed by atoms with van der Waals surface area (Å²) in [6, 6.07) is 12.8. The maximum absolute atomic E-state index is 13.6. The molecule has 1 unspecified atom stereocenters. The average molecular weight is 376 g/mol. The Bertz CT molecular complexity index is 758. The Kier molecular flexibility index (Phi) is 6.59. The first kappa shape index (κ1) is 19.1. The van der Waals surface area contributed by atoms with Crippen LogP contribution in [0.5, 0.6) is 5.75 Å². The van der Waals surface area contributed by atoms with Crippen LogP contribution in [0.2, 0.25) is 0 Å². The van der Waals surface area contributed by atoms with E-state index in [1.807, 2.05) is 30.3 Å². The van der Waals surface area contributed by atoms with Crippen molar-refractivity contribution in [2.24, 2.45) is 0 Å². The number of ether oxygens (including phenoxy) is 2. The van der Waals surface area contributed by atoms with Crippen LogP contribution in [0.15, 0.2) is 48.5 Å². The summed E-state index contributed by atoms with van der Waals surface area (Å²) in [5, 5.41) is 2.89. The molecule has 2 amide bonds. The number of carbonyl (C=O) groups excluding carboxylic acids is 1. The van der Waals surface area contributed by atoms with Crippen molar-refractivity contribution in [3.05, 3.63) is 65.7 Å². The molecule has 1 aliphatic rings. The van der Waals surface area contributed by atoms with Gasteiger partial charge >= 0.3 is 6.03 Å². The smallest absolute Gasteiger partial charge is 0.317 e. The molecule has 1 fully saturated rings. The van der Waals surface area contributed by atoms with Gasteiger partial charge in [-0.2, -0.15) is 0 Å². The van der Waals surface area contributed by atoms with Gasteiger partial charge in [0.1, 0.15) is 18.5 Å². The fourth-order valence-electron chi connectivity index (χ4n) is 2.85. The average Bonchev–Trinajstić information content (AvgIpc) is 2.69. The number of amides is 2. The largest absolute Gasteiger partial charge is 0.488 e. The Labute approximate surface area is 156 Å². The molecule has 0 aromatic heterocycles. The zero-order valence-corrected chi connectivity index (χ0v) is 14.9. The van der Waals surface area contributed by atoms with Gasteiger partial charge in [-0.05, 0) is 24.1 Å². The Morgan fingerprint density at radius 1 is 1.22 bits per heavy atom. The predicted molar refractivity (Wildman–Crippen MR) is 96.7 cm³/mol. The molecule has 3 rings (SSSR count). The van der Waals surface area contributed by atoms with Gasteiger partial charge in [-0.1, -0.05) is 30.3 Å². The second-order valence-electron chi connectivity index (χ2n) is 6.29. The van der Waals surface area contributed by atoms with Crippen molar-refractivity contribution < 1.29 is 23.0 Å². The number of nitrogens with zero attached hydrogens (tertiary/aromatic N) is 1. The standard InChI is InChI=1S/C20H22F2N2O3/c21-16-6-7-18(22)19(12-16)27-14-17-13-24(10-11-26-17)20(25)23-9-8-15-4-2-1-3-5-15/h1-7,12,17H,8-11,13-14H2,(H,23,25). The summed E-state index contributed by atoms with van der Waals surface area (Å²) < 4.78 is 37.7. The molecular formula is C20H22F2N2O3. The van der Waals surface area contributed by atoms with Crippen molar-refractivity contribution in [1.82, 2.24) is 10.2 Å². The first-order chi connectivity index (χ1) is 13.1. The maximum atomic E-state index is 13.6. The summed E-state index contributed by atoms with van der Waals surface area (Å²) in [6.45, 7) is 1.74. The lowest BCUT2D eigenvalue weighted by Crippen LogP contribution is -2.51. The number of urea groups is 1. The minimum absolute atomic E-state index is 0.0359. The molecule has 0 saturated carbocycles. The van der Waals surface area contributed by atoms with Crippen LogP contribution < -0.4 is 10.1 Å². The van der Waals surface area contributed by atoms with Crippen LogP contribution in [-0.2, 0) is 11.2 Å². The van der Waals surface area contributed by atoms with Crippen LogP contribution in [-0.4, -0.2) is 49.9 Å². The molecule has 5 nitrogen and oxygen atoms in total. The van der Waals surface area contributed by atoms with Crippen molar-refractivity contribution >= 4 is 6.03 Å². The van der Waals surface area contributed by atoms with E-state index in [9.17, 15) is 13.6 Å². The topological polar surface area (TPSA) is 50.8 Å². The van der Waals surface area contributed by atoms with E-state index >= 15 is 0 Å². The quantitative estimate of drug-likeness (QED) is 0.843. The van der Waals surface area contributed by atoms with Gasteiger partial charge in [-0.3, -0.25) is 0 Å². The molecule has 0 radical (unpaired) electrons. The van der Waals surface area contributed by atoms with E-state index in [4.69, 9.17) is 9.47 Å². The minimum Gasteiger partial charge on any atom is -0.488 e. The molecular weight excluding hydrogens is 354 g/mol. The lowest BCUT2D eigenvalue weighted by Gasteiger charge is -2.32. The van der Waals surface area contributed by atoms with Gasteiger partial charge in [0.15, 0.2) is 11.6 Å². The molecule has 1 saturated heterocycles. The normalized spacial score (nSPS) is 16.8. The highest BCUT2D eigenvalue weighted by molar-refractivity contribution is 5.74. The number of hydrogen-bond donors (Lipinski definition) is 1. The molecule has 0 bridgehead atoms. The van der Waals surface area contributed by atoms with Crippen LogP contribution in [0.1, 0.15) is 5.56 Å². The third kappa shape index (κ3) is 5.65. The van der Waals surface area contributed by atoms with Crippen LogP contribution >= 0.6 is 0 Å². The highest BCUT2D eigenvalue weighted by Crippen LogP contribution is 2.19. The van der Waals surface area contributed by atoms with Crippen molar-refractivity contribution in [2.75, 3.05) is 32.8 Å². The molecule has 1 heterocycles. The van der Waals surface area contributed by atoms with Gasteiger partial charge in [0.2, 0.25) is 0 Å². The minimum atomic E-state index is -0.636. The highest BCUT2D eigenvalue weighted by atomic mass is 19.1. The SMILES string of the molecule is O=C(NCCc1ccccc1)N1CCOC(COc2cc(F)ccc2F)C1. The van der Waals surface area contributed by atoms with Crippen molar-refractivity contribution in [1.29, 1.82) is 0 Å². The number of rotatable bonds is 6. The summed E-state index contributed by atoms with van der Waals surface area (Å²) >= 11 is 0. The Morgan fingerprint density at radius 3 is 2.85 bits per heavy atom. The Hall–Kier alpha value is -2.67. The van der Waals surface area contributed by atoms with Gasteiger partial charge in [0, 0.05) is 19.2 Å². The lowest BCUT2D eigenvalue weighted by atomic mass is 10.1. The molecule has 7 heteroatoms. The number of hydrogen-bond acceptors (Lipinski definition) is 3. The zero-order valence-electron chi connectivity index (χ0n) is 14.9. The van der Waals surface area contributed by atoms with Crippen LogP contribution in [0.3, 0.4) is 0 Å². The third-order valence-electron chi connectivity index (χ3n) is 4.28. The van der Waals surface area contributed by atoms with Crippen molar-refractivity contribution in [3.8, 4) is 5.75 Å². The van der Waals surface area contributed by atoms with Crippen molar-refractivity contribution in [2.45, 2.75) is 12.5 Å². The Morgan fingerprint density at radius 2 is 2.04 bits per heavy atom. The second-order valence-corrected chi connectivity index (χ2v) is 6.29. The van der Waals surface area contributed by atoms with E-state index in [1.165, 1.54) is 0 Å². The second kappa shape index (κ2) is 9.32. The summed E-state index contributed by atoms with van der Waals surface area (Å²) in [5.41, 5.74) is 1.16. The Balaban J connectivity index is 1.44. The van der Waals surface area contributed by atoms with Gasteiger partial charge in [-0.15, -0.1) is 0 Å². The molecule has 1 aliphatic heterocycles. The number of nitrogens with one attached hydrogen (secondary N) is 1. The van der Waals surface area contributed by atoms with Gasteiger partial charge in [0.05, 0.1) is 13.2 Å². The summed E-state index contributed by atoms with van der Waals surface area (Å²) in [5.74, 6) is -1.37. The van der Waals surface area contributed by atoms with Gasteiger partial charge in [0.25, 0.3) is 0 Å². The molecule has 1 N–H and O–H groups in total. The third-order valence-corrected chi connectivity index (χ3v) is 4.28. The maximum Gasteiger partial charge on any atom is 0.317 e. The van der Waals surface area contributed by atoms with E-state index in [0.29, 0.717) is 26.2 Å². The van der Waals surface area contributed by atoms with Gasteiger partial charge < -0.3 is 19.7 Å². The zero-order chi connectivity index (χ0) is 19.1. The lowest BCUT2D eigenvalue weighted by molar-refractivity contribution is -0.0357. The number of carbonyl (C=O) groups is 1. The first-order valence-electron chi connectivity index (χ1n) is 8.88. The number of benzene rings is 2. The van der Waals surface area contributed by atoms with Crippen LogP contribution in [0.4, 0.5) is 13.6 Å². The van der Waals surface area contributed by atoms with Crippen LogP contribution in [0.25, 0.3) is 0 Å². The molecule has 2 aromatic carbocycles. The summed E-state index contributed by atoms with van der Waals surface area (Å²) in [4.78, 5) is 14.0. The molecule has 27 heavy (non-hydrogen) atoms. The molecule has 0 spiro atoms. The fourth-order valence-corrected chi connectivity index (χ4v) is 2.85. The molecule has 0 aliphatic carbocycles. The highest BCUT2D eigenvalue weighted by Gasteiger charge is 2.25. The number of morpholine rings is 1. The number of halogens is 2. The van der Waals surface area contributed by atoms with Crippen molar-refractivity contribution in [3.63, 3.8) is 0 Å². The monoisotopic (exact) mass is 376 g/mol. The van der Waals surface area contributed by atoms with Gasteiger partial charge in [-0.25, -0.2) is 13.6 Å². The van der Waals surface area contributed by atoms with Crippen LogP contribution in [0, 0.1) is 11.6 Å². The summed E-state index contributed by atoms with van der Waals surface area (Å²) in [6.07, 6.45) is 0.351. The molecule has 2 aromatic rings. The van der Waals surface area contributed by atoms with E-state index in [-0.39, 0.29) is 18.4 Å². The molecule has 144 valence electrons. The predicted octanol–water partition coefficient (Wildman–Crippen LogP) is 3.00. The van der Waals surface area contributed by atoms with E-state index in [2.05, 4.69) is 5.32 Å². The van der Waals surface area contributed by atoms with E-state index in [1.54, 1.807) is 4.90 Å². The van der Waals surface area contributed by atoms with E-state index < -0.39 is 17.7 Å².